The van der Waals surface area contributed by atoms with E-state index in [9.17, 15) is 13.2 Å². The summed E-state index contributed by atoms with van der Waals surface area (Å²) in [4.78, 5) is 12.9. The minimum absolute atomic E-state index is 0.00499. The van der Waals surface area contributed by atoms with Crippen molar-refractivity contribution in [2.45, 2.75) is 29.9 Å². The molecule has 0 bridgehead atoms. The highest BCUT2D eigenvalue weighted by Crippen LogP contribution is 2.32. The summed E-state index contributed by atoms with van der Waals surface area (Å²) in [5.41, 5.74) is 0.747. The van der Waals surface area contributed by atoms with Crippen LogP contribution in [0.2, 0.25) is 0 Å². The van der Waals surface area contributed by atoms with Crippen LogP contribution in [0.5, 0.6) is 5.75 Å². The molecular weight excluding hydrogens is 388 g/mol. The lowest BCUT2D eigenvalue weighted by molar-refractivity contribution is -0.145. The van der Waals surface area contributed by atoms with Crippen molar-refractivity contribution in [1.82, 2.24) is 0 Å². The molecule has 0 aromatic heterocycles. The quantitative estimate of drug-likeness (QED) is 0.544. The Labute approximate surface area is 171 Å². The number of hydrogen-bond acceptors (Lipinski definition) is 5. The summed E-state index contributed by atoms with van der Waals surface area (Å²) >= 11 is 0. The average Bonchev–Trinajstić information content (AvgIpc) is 2.73. The van der Waals surface area contributed by atoms with Crippen LogP contribution >= 0.6 is 0 Å². The molecule has 3 aromatic rings. The van der Waals surface area contributed by atoms with E-state index in [2.05, 4.69) is 0 Å². The number of ether oxygens (including phenoxy) is 2. The van der Waals surface area contributed by atoms with E-state index in [0.29, 0.717) is 5.75 Å². The van der Waals surface area contributed by atoms with E-state index in [1.165, 1.54) is 26.2 Å². The fourth-order valence-electron chi connectivity index (χ4n) is 3.31. The summed E-state index contributed by atoms with van der Waals surface area (Å²) in [5.74, 6) is -0.222. The molecule has 0 heterocycles. The highest BCUT2D eigenvalue weighted by molar-refractivity contribution is 7.93. The van der Waals surface area contributed by atoms with Gasteiger partial charge in [-0.2, -0.15) is 0 Å². The van der Waals surface area contributed by atoms with Crippen LogP contribution in [0.1, 0.15) is 19.4 Å². The molecule has 3 aromatic carbocycles. The predicted octanol–water partition coefficient (Wildman–Crippen LogP) is 4.19. The van der Waals surface area contributed by atoms with Gasteiger partial charge in [0.15, 0.2) is 14.6 Å². The smallest absolute Gasteiger partial charge is 0.327 e. The number of hydrogen-bond donors (Lipinski definition) is 0. The van der Waals surface area contributed by atoms with E-state index in [4.69, 9.17) is 9.47 Å². The van der Waals surface area contributed by atoms with Crippen molar-refractivity contribution < 1.29 is 22.7 Å². The molecule has 0 spiro atoms. The van der Waals surface area contributed by atoms with Crippen LogP contribution in [0.15, 0.2) is 71.6 Å². The number of rotatable bonds is 7. The minimum atomic E-state index is -4.03. The van der Waals surface area contributed by atoms with Crippen molar-refractivity contribution in [3.05, 3.63) is 72.3 Å². The third-order valence-corrected chi connectivity index (χ3v) is 7.42. The van der Waals surface area contributed by atoms with Crippen molar-refractivity contribution >= 4 is 26.6 Å². The molecule has 6 heteroatoms. The lowest BCUT2D eigenvalue weighted by atomic mass is 9.97. The SMILES string of the molecule is CCOC(=O)C(C)(Cc1ccc2ccccc2c1)S(=O)(=O)c1ccc(OC)cc1. The van der Waals surface area contributed by atoms with Crippen LogP contribution in [0.25, 0.3) is 10.8 Å². The Hall–Kier alpha value is -2.86. The molecule has 0 N–H and O–H groups in total. The summed E-state index contributed by atoms with van der Waals surface area (Å²) in [7, 11) is -2.52. The Kier molecular flexibility index (Phi) is 5.94. The molecule has 1 atom stereocenters. The number of fused-ring (bicyclic) bond motifs is 1. The van der Waals surface area contributed by atoms with Crippen molar-refractivity contribution in [2.24, 2.45) is 0 Å². The molecule has 152 valence electrons. The number of benzene rings is 3. The largest absolute Gasteiger partial charge is 0.497 e. The zero-order valence-electron chi connectivity index (χ0n) is 16.7. The fourth-order valence-corrected chi connectivity index (χ4v) is 4.96. The van der Waals surface area contributed by atoms with E-state index >= 15 is 0 Å². The van der Waals surface area contributed by atoms with E-state index in [1.807, 2.05) is 42.5 Å². The summed E-state index contributed by atoms with van der Waals surface area (Å²) in [5, 5.41) is 2.03. The molecule has 5 nitrogen and oxygen atoms in total. The molecule has 0 aliphatic rings. The van der Waals surface area contributed by atoms with E-state index in [-0.39, 0.29) is 17.9 Å². The molecular formula is C23H24O5S. The molecule has 1 unspecified atom stereocenters. The van der Waals surface area contributed by atoms with Crippen LogP contribution in [0.4, 0.5) is 0 Å². The van der Waals surface area contributed by atoms with E-state index in [0.717, 1.165) is 16.3 Å². The maximum Gasteiger partial charge on any atom is 0.327 e. The first-order chi connectivity index (χ1) is 13.8. The molecule has 0 radical (unpaired) electrons. The van der Waals surface area contributed by atoms with Gasteiger partial charge in [-0.15, -0.1) is 0 Å². The Bertz CT molecular complexity index is 1120. The lowest BCUT2D eigenvalue weighted by Gasteiger charge is -2.27. The predicted molar refractivity (Wildman–Crippen MR) is 113 cm³/mol. The number of carbonyl (C=O) groups is 1. The van der Waals surface area contributed by atoms with Crippen LogP contribution in [0, 0.1) is 0 Å². The molecule has 0 fully saturated rings. The van der Waals surface area contributed by atoms with Crippen molar-refractivity contribution in [1.29, 1.82) is 0 Å². The summed E-state index contributed by atoms with van der Waals surface area (Å²) < 4.78 is 35.5. The highest BCUT2D eigenvalue weighted by atomic mass is 32.2. The van der Waals surface area contributed by atoms with Crippen LogP contribution < -0.4 is 4.74 Å². The molecule has 29 heavy (non-hydrogen) atoms. The van der Waals surface area contributed by atoms with E-state index < -0.39 is 20.6 Å². The fraction of sp³-hybridized carbons (Fsp3) is 0.261. The average molecular weight is 413 g/mol. The van der Waals surface area contributed by atoms with Gasteiger partial charge in [0.25, 0.3) is 0 Å². The first-order valence-corrected chi connectivity index (χ1v) is 10.8. The Morgan fingerprint density at radius 2 is 1.62 bits per heavy atom. The van der Waals surface area contributed by atoms with Gasteiger partial charge >= 0.3 is 5.97 Å². The first-order valence-electron chi connectivity index (χ1n) is 9.35. The Morgan fingerprint density at radius 3 is 2.24 bits per heavy atom. The highest BCUT2D eigenvalue weighted by Gasteiger charge is 2.48. The van der Waals surface area contributed by atoms with Crippen molar-refractivity contribution in [2.75, 3.05) is 13.7 Å². The zero-order valence-corrected chi connectivity index (χ0v) is 17.5. The van der Waals surface area contributed by atoms with Gasteiger partial charge in [0.1, 0.15) is 5.75 Å². The van der Waals surface area contributed by atoms with Gasteiger partial charge in [0, 0.05) is 6.42 Å². The van der Waals surface area contributed by atoms with Crippen LogP contribution in [0.3, 0.4) is 0 Å². The van der Waals surface area contributed by atoms with Crippen molar-refractivity contribution in [3.8, 4) is 5.75 Å². The number of carbonyl (C=O) groups excluding carboxylic acids is 1. The van der Waals surface area contributed by atoms with Crippen molar-refractivity contribution in [3.63, 3.8) is 0 Å². The van der Waals surface area contributed by atoms with Crippen LogP contribution in [-0.4, -0.2) is 32.9 Å². The molecule has 0 saturated heterocycles. The third-order valence-electron chi connectivity index (χ3n) is 5.03. The Morgan fingerprint density at radius 1 is 0.966 bits per heavy atom. The molecule has 0 saturated carbocycles. The van der Waals surface area contributed by atoms with Gasteiger partial charge in [0.2, 0.25) is 0 Å². The second kappa shape index (κ2) is 8.25. The molecule has 0 aliphatic carbocycles. The van der Waals surface area contributed by atoms with Gasteiger partial charge in [-0.05, 0) is 54.4 Å². The number of methoxy groups -OCH3 is 1. The maximum absolute atomic E-state index is 13.5. The summed E-state index contributed by atoms with van der Waals surface area (Å²) in [6, 6.07) is 19.5. The first kappa shape index (κ1) is 20.9. The normalized spacial score (nSPS) is 13.6. The lowest BCUT2D eigenvalue weighted by Crippen LogP contribution is -2.46. The number of esters is 1. The van der Waals surface area contributed by atoms with Gasteiger partial charge in [-0.1, -0.05) is 42.5 Å². The molecule has 0 amide bonds. The topological polar surface area (TPSA) is 69.7 Å². The monoisotopic (exact) mass is 412 g/mol. The van der Waals surface area contributed by atoms with Gasteiger partial charge < -0.3 is 9.47 Å². The molecule has 0 aliphatic heterocycles. The van der Waals surface area contributed by atoms with Gasteiger partial charge in [-0.3, -0.25) is 4.79 Å². The maximum atomic E-state index is 13.5. The summed E-state index contributed by atoms with van der Waals surface area (Å²) in [6.45, 7) is 3.19. The Balaban J connectivity index is 2.06. The van der Waals surface area contributed by atoms with E-state index in [1.54, 1.807) is 19.1 Å². The summed E-state index contributed by atoms with van der Waals surface area (Å²) in [6.07, 6.45) is 0.00499. The third kappa shape index (κ3) is 3.98. The second-order valence-corrected chi connectivity index (χ2v) is 9.37. The molecule has 3 rings (SSSR count). The standard InChI is InChI=1S/C23H24O5S/c1-4-28-22(24)23(2,29(25,26)21-13-11-20(27-3)12-14-21)16-17-9-10-18-7-5-6-8-19(18)15-17/h5-15H,4,16H2,1-3H3. The van der Waals surface area contributed by atoms with Gasteiger partial charge in [0.05, 0.1) is 18.6 Å². The van der Waals surface area contributed by atoms with Crippen LogP contribution in [-0.2, 0) is 25.8 Å². The zero-order chi connectivity index (χ0) is 21.1. The minimum Gasteiger partial charge on any atom is -0.497 e. The number of sulfone groups is 1. The second-order valence-electron chi connectivity index (χ2n) is 6.99. The van der Waals surface area contributed by atoms with Gasteiger partial charge in [-0.25, -0.2) is 8.42 Å².